The molecule has 34 heavy (non-hydrogen) atoms. The number of piperidine rings is 1. The van der Waals surface area contributed by atoms with Gasteiger partial charge in [0.2, 0.25) is 0 Å². The van der Waals surface area contributed by atoms with Crippen LogP contribution in [0.3, 0.4) is 0 Å². The maximum Gasteiger partial charge on any atom is 0.136 e. The minimum atomic E-state index is -1.29. The number of hydrogen-bond donors (Lipinski definition) is 2. The summed E-state index contributed by atoms with van der Waals surface area (Å²) < 4.78 is 31.6. The summed E-state index contributed by atoms with van der Waals surface area (Å²) >= 11 is 0. The SMILES string of the molecule is CCN1C[C@]2(CO)CCC(OC)C34C5CC6C(OC)C5[C@](OC)(C[C@@H]6OC)C(O)(C(OC)C32)C14. The zero-order valence-corrected chi connectivity index (χ0v) is 21.5. The first-order valence-corrected chi connectivity index (χ1v) is 13.1. The molecule has 0 aromatic heterocycles. The smallest absolute Gasteiger partial charge is 0.136 e. The molecule has 5 saturated carbocycles. The van der Waals surface area contributed by atoms with Crippen LogP contribution >= 0.6 is 0 Å². The highest BCUT2D eigenvalue weighted by molar-refractivity contribution is 5.41. The topological polar surface area (TPSA) is 89.9 Å². The molecule has 6 rings (SSSR count). The highest BCUT2D eigenvalue weighted by Gasteiger charge is 2.91. The van der Waals surface area contributed by atoms with Gasteiger partial charge in [-0.05, 0) is 31.7 Å². The minimum Gasteiger partial charge on any atom is -0.396 e. The second-order valence-corrected chi connectivity index (χ2v) is 12.0. The number of fused-ring (bicyclic) bond motifs is 2. The number of hydrogen-bond acceptors (Lipinski definition) is 8. The molecule has 10 unspecified atom stereocenters. The van der Waals surface area contributed by atoms with Crippen molar-refractivity contribution in [3.63, 3.8) is 0 Å². The zero-order valence-electron chi connectivity index (χ0n) is 21.5. The molecule has 7 bridgehead atoms. The Morgan fingerprint density at radius 2 is 1.79 bits per heavy atom. The Bertz CT molecular complexity index is 829. The van der Waals surface area contributed by atoms with Gasteiger partial charge in [-0.1, -0.05) is 6.92 Å². The maximum absolute atomic E-state index is 13.3. The quantitative estimate of drug-likeness (QED) is 0.555. The summed E-state index contributed by atoms with van der Waals surface area (Å²) in [4.78, 5) is 2.43. The van der Waals surface area contributed by atoms with Crippen LogP contribution in [0.15, 0.2) is 0 Å². The Kier molecular flexibility index (Phi) is 5.38. The molecular weight excluding hydrogens is 438 g/mol. The third-order valence-corrected chi connectivity index (χ3v) is 11.9. The lowest BCUT2D eigenvalue weighted by Gasteiger charge is -2.70. The highest BCUT2D eigenvalue weighted by Crippen LogP contribution is 2.81. The molecule has 8 heteroatoms. The molecule has 6 fully saturated rings. The molecule has 8 nitrogen and oxygen atoms in total. The Hall–Kier alpha value is -0.320. The number of likely N-dealkylation sites (tertiary alicyclic amines) is 1. The van der Waals surface area contributed by atoms with Crippen LogP contribution in [0.25, 0.3) is 0 Å². The van der Waals surface area contributed by atoms with Crippen molar-refractivity contribution in [3.8, 4) is 0 Å². The number of rotatable bonds is 7. The summed E-state index contributed by atoms with van der Waals surface area (Å²) in [5.41, 5.74) is -2.88. The van der Waals surface area contributed by atoms with Crippen LogP contribution in [0, 0.1) is 34.5 Å². The average molecular weight is 482 g/mol. The van der Waals surface area contributed by atoms with E-state index in [1.165, 1.54) is 0 Å². The number of methoxy groups -OCH3 is 5. The fraction of sp³-hybridized carbons (Fsp3) is 1.00. The highest BCUT2D eigenvalue weighted by atomic mass is 16.5. The first-order chi connectivity index (χ1) is 16.4. The average Bonchev–Trinajstić information content (AvgIpc) is 3.26. The van der Waals surface area contributed by atoms with E-state index >= 15 is 0 Å². The van der Waals surface area contributed by atoms with E-state index < -0.39 is 17.3 Å². The minimum absolute atomic E-state index is 0.00625. The lowest BCUT2D eigenvalue weighted by atomic mass is 9.42. The Morgan fingerprint density at radius 3 is 2.35 bits per heavy atom. The van der Waals surface area contributed by atoms with Crippen LogP contribution in [0.4, 0.5) is 0 Å². The third kappa shape index (κ3) is 2.19. The number of aliphatic hydroxyl groups excluding tert-OH is 1. The summed E-state index contributed by atoms with van der Waals surface area (Å²) in [5.74, 6) is 0.437. The molecule has 0 amide bonds. The zero-order chi connectivity index (χ0) is 24.3. The molecular formula is C26H43NO7. The van der Waals surface area contributed by atoms with E-state index in [0.29, 0.717) is 6.42 Å². The van der Waals surface area contributed by atoms with Gasteiger partial charge in [-0.2, -0.15) is 0 Å². The normalized spacial score (nSPS) is 59.5. The van der Waals surface area contributed by atoms with E-state index in [1.54, 1.807) is 28.4 Å². The molecule has 5 aliphatic carbocycles. The molecule has 0 radical (unpaired) electrons. The molecule has 194 valence electrons. The van der Waals surface area contributed by atoms with E-state index in [-0.39, 0.29) is 65.5 Å². The molecule has 0 aromatic carbocycles. The van der Waals surface area contributed by atoms with Crippen molar-refractivity contribution in [1.82, 2.24) is 4.90 Å². The van der Waals surface area contributed by atoms with Gasteiger partial charge in [0.25, 0.3) is 0 Å². The first kappa shape index (κ1) is 24.0. The fourth-order valence-corrected chi connectivity index (χ4v) is 11.4. The van der Waals surface area contributed by atoms with Gasteiger partial charge in [0.05, 0.1) is 37.1 Å². The summed E-state index contributed by atoms with van der Waals surface area (Å²) in [5, 5.41) is 24.3. The number of likely N-dealkylation sites (N-methyl/N-ethyl adjacent to an activating group) is 1. The largest absolute Gasteiger partial charge is 0.396 e. The van der Waals surface area contributed by atoms with Crippen LogP contribution in [-0.4, -0.2) is 112 Å². The lowest BCUT2D eigenvalue weighted by Crippen LogP contribution is -2.82. The summed E-state index contributed by atoms with van der Waals surface area (Å²) in [6, 6.07) is -0.182. The van der Waals surface area contributed by atoms with Crippen molar-refractivity contribution in [2.75, 3.05) is 55.2 Å². The van der Waals surface area contributed by atoms with E-state index in [4.69, 9.17) is 23.7 Å². The summed E-state index contributed by atoms with van der Waals surface area (Å²) in [7, 11) is 8.85. The molecule has 1 aliphatic heterocycles. The van der Waals surface area contributed by atoms with Gasteiger partial charge in [-0.3, -0.25) is 4.90 Å². The Labute approximate surface area is 203 Å². The monoisotopic (exact) mass is 481 g/mol. The van der Waals surface area contributed by atoms with Gasteiger partial charge < -0.3 is 33.9 Å². The molecule has 1 spiro atoms. The van der Waals surface area contributed by atoms with Crippen LogP contribution < -0.4 is 0 Å². The summed E-state index contributed by atoms with van der Waals surface area (Å²) in [6.45, 7) is 3.80. The predicted molar refractivity (Wildman–Crippen MR) is 123 cm³/mol. The maximum atomic E-state index is 13.3. The molecule has 6 aliphatic rings. The number of nitrogens with zero attached hydrogens (tertiary/aromatic N) is 1. The standard InChI is InChI=1S/C26H43NO7/c1-7-27-12-23(13-28)9-8-17(31-3)25-15-10-14-16(30-2)11-24(34-6,18(15)19(14)32-4)26(29,22(25)27)21(33-5)20(23)25/h14-22,28-29H,7-13H2,1-6H3/t14?,15?,16-,17?,18?,19?,20?,21?,22?,23-,24+,25?,26?/m0/s1. The van der Waals surface area contributed by atoms with E-state index in [9.17, 15) is 10.2 Å². The Morgan fingerprint density at radius 1 is 1.03 bits per heavy atom. The van der Waals surface area contributed by atoms with Crippen molar-refractivity contribution < 1.29 is 33.9 Å². The second kappa shape index (κ2) is 7.60. The third-order valence-electron chi connectivity index (χ3n) is 11.9. The van der Waals surface area contributed by atoms with E-state index in [2.05, 4.69) is 11.8 Å². The van der Waals surface area contributed by atoms with E-state index in [1.807, 2.05) is 7.11 Å². The molecule has 2 N–H and O–H groups in total. The van der Waals surface area contributed by atoms with Gasteiger partial charge in [0.15, 0.2) is 0 Å². The van der Waals surface area contributed by atoms with Gasteiger partial charge in [0, 0.05) is 77.1 Å². The van der Waals surface area contributed by atoms with E-state index in [0.717, 1.165) is 32.4 Å². The van der Waals surface area contributed by atoms with Crippen LogP contribution in [-0.2, 0) is 23.7 Å². The van der Waals surface area contributed by atoms with Crippen molar-refractivity contribution in [2.24, 2.45) is 34.5 Å². The van der Waals surface area contributed by atoms with Crippen molar-refractivity contribution >= 4 is 0 Å². The van der Waals surface area contributed by atoms with Gasteiger partial charge >= 0.3 is 0 Å². The van der Waals surface area contributed by atoms with Crippen LogP contribution in [0.5, 0.6) is 0 Å². The summed E-state index contributed by atoms with van der Waals surface area (Å²) in [6.07, 6.45) is 2.67. The number of ether oxygens (including phenoxy) is 5. The molecule has 13 atom stereocenters. The van der Waals surface area contributed by atoms with Gasteiger partial charge in [-0.15, -0.1) is 0 Å². The van der Waals surface area contributed by atoms with Crippen LogP contribution in [0.1, 0.15) is 32.6 Å². The van der Waals surface area contributed by atoms with Crippen molar-refractivity contribution in [3.05, 3.63) is 0 Å². The van der Waals surface area contributed by atoms with Gasteiger partial charge in [-0.25, -0.2) is 0 Å². The molecule has 1 heterocycles. The first-order valence-electron chi connectivity index (χ1n) is 13.1. The number of aliphatic hydroxyl groups is 2. The van der Waals surface area contributed by atoms with Gasteiger partial charge in [0.1, 0.15) is 11.2 Å². The Balaban J connectivity index is 1.70. The lowest BCUT2D eigenvalue weighted by molar-refractivity contribution is -0.326. The van der Waals surface area contributed by atoms with Crippen LogP contribution in [0.2, 0.25) is 0 Å². The van der Waals surface area contributed by atoms with Crippen molar-refractivity contribution in [2.45, 2.75) is 74.3 Å². The van der Waals surface area contributed by atoms with Crippen molar-refractivity contribution in [1.29, 1.82) is 0 Å². The molecule has 0 aromatic rings. The second-order valence-electron chi connectivity index (χ2n) is 12.0. The molecule has 1 saturated heterocycles. The predicted octanol–water partition coefficient (Wildman–Crippen LogP) is 0.925. The fourth-order valence-electron chi connectivity index (χ4n) is 11.4.